The van der Waals surface area contributed by atoms with Crippen LogP contribution < -0.4 is 5.32 Å². The van der Waals surface area contributed by atoms with E-state index in [9.17, 15) is 9.59 Å². The van der Waals surface area contributed by atoms with Gasteiger partial charge in [0.15, 0.2) is 0 Å². The molecule has 0 aromatic carbocycles. The normalized spacial score (nSPS) is 17.7. The summed E-state index contributed by atoms with van der Waals surface area (Å²) < 4.78 is 5.32. The fourth-order valence-corrected chi connectivity index (χ4v) is 1.93. The topological polar surface area (TPSA) is 58.6 Å². The maximum absolute atomic E-state index is 11.6. The van der Waals surface area contributed by atoms with Gasteiger partial charge in [-0.3, -0.25) is 9.59 Å². The highest BCUT2D eigenvalue weighted by molar-refractivity contribution is 5.80. The van der Waals surface area contributed by atoms with E-state index in [-0.39, 0.29) is 11.8 Å². The van der Waals surface area contributed by atoms with Gasteiger partial charge < -0.3 is 15.0 Å². The van der Waals surface area contributed by atoms with Crippen LogP contribution in [0.1, 0.15) is 39.5 Å². The predicted molar refractivity (Wildman–Crippen MR) is 69.1 cm³/mol. The summed E-state index contributed by atoms with van der Waals surface area (Å²) in [6.07, 6.45) is 3.19. The zero-order valence-electron chi connectivity index (χ0n) is 11.4. The molecular weight excluding hydrogens is 232 g/mol. The summed E-state index contributed by atoms with van der Waals surface area (Å²) >= 11 is 0. The number of carbonyl (C=O) groups is 2. The Hall–Kier alpha value is -1.10. The molecule has 2 amide bonds. The fraction of sp³-hybridized carbons (Fsp3) is 0.846. The Morgan fingerprint density at radius 3 is 2.94 bits per heavy atom. The van der Waals surface area contributed by atoms with E-state index in [4.69, 9.17) is 4.74 Å². The Morgan fingerprint density at radius 1 is 1.50 bits per heavy atom. The second-order valence-electron chi connectivity index (χ2n) is 4.64. The predicted octanol–water partition coefficient (Wildman–Crippen LogP) is 0.930. The minimum Gasteiger partial charge on any atom is -0.369 e. The second kappa shape index (κ2) is 8.08. The van der Waals surface area contributed by atoms with Crippen molar-refractivity contribution < 1.29 is 14.3 Å². The Kier molecular flexibility index (Phi) is 6.72. The summed E-state index contributed by atoms with van der Waals surface area (Å²) in [7, 11) is 0. The molecule has 5 nitrogen and oxygen atoms in total. The van der Waals surface area contributed by atoms with Crippen molar-refractivity contribution in [3.63, 3.8) is 0 Å². The van der Waals surface area contributed by atoms with Gasteiger partial charge in [0.1, 0.15) is 6.10 Å². The number of amides is 2. The number of rotatable bonds is 7. The van der Waals surface area contributed by atoms with Crippen molar-refractivity contribution in [2.24, 2.45) is 0 Å². The van der Waals surface area contributed by atoms with E-state index < -0.39 is 6.10 Å². The van der Waals surface area contributed by atoms with Gasteiger partial charge in [0.25, 0.3) is 0 Å². The third-order valence-electron chi connectivity index (χ3n) is 3.04. The third kappa shape index (κ3) is 5.04. The first-order valence-electron chi connectivity index (χ1n) is 6.82. The highest BCUT2D eigenvalue weighted by atomic mass is 16.5. The zero-order valence-corrected chi connectivity index (χ0v) is 11.4. The van der Waals surface area contributed by atoms with E-state index in [1.54, 1.807) is 6.92 Å². The molecule has 0 aliphatic carbocycles. The van der Waals surface area contributed by atoms with Crippen LogP contribution >= 0.6 is 0 Å². The van der Waals surface area contributed by atoms with Crippen LogP contribution in [0.5, 0.6) is 0 Å². The maximum Gasteiger partial charge on any atom is 0.248 e. The smallest absolute Gasteiger partial charge is 0.248 e. The van der Waals surface area contributed by atoms with Gasteiger partial charge in [-0.15, -0.1) is 0 Å². The van der Waals surface area contributed by atoms with Gasteiger partial charge in [-0.1, -0.05) is 6.92 Å². The van der Waals surface area contributed by atoms with Gasteiger partial charge in [0, 0.05) is 32.7 Å². The van der Waals surface area contributed by atoms with Gasteiger partial charge in [-0.25, -0.2) is 0 Å². The first kappa shape index (κ1) is 15.0. The Balaban J connectivity index is 2.16. The molecule has 0 aromatic heterocycles. The average Bonchev–Trinajstić information content (AvgIpc) is 2.38. The fourth-order valence-electron chi connectivity index (χ4n) is 1.93. The molecule has 0 saturated carbocycles. The molecule has 1 rings (SSSR count). The molecule has 0 bridgehead atoms. The van der Waals surface area contributed by atoms with Crippen molar-refractivity contribution in [1.82, 2.24) is 10.2 Å². The second-order valence-corrected chi connectivity index (χ2v) is 4.64. The SMILES string of the molecule is CCCO[C@@H](C)C(=O)NCCN1CCCCC1=O. The van der Waals surface area contributed by atoms with Crippen LogP contribution in [0.3, 0.4) is 0 Å². The lowest BCUT2D eigenvalue weighted by atomic mass is 10.1. The highest BCUT2D eigenvalue weighted by Gasteiger charge is 2.18. The molecule has 5 heteroatoms. The lowest BCUT2D eigenvalue weighted by molar-refractivity contribution is -0.135. The van der Waals surface area contributed by atoms with Crippen LogP contribution in [-0.4, -0.2) is 49.1 Å². The van der Waals surface area contributed by atoms with E-state index >= 15 is 0 Å². The number of hydrogen-bond donors (Lipinski definition) is 1. The van der Waals surface area contributed by atoms with Gasteiger partial charge >= 0.3 is 0 Å². The van der Waals surface area contributed by atoms with E-state index in [0.29, 0.717) is 26.1 Å². The molecule has 1 saturated heterocycles. The Labute approximate surface area is 109 Å². The van der Waals surface area contributed by atoms with Crippen molar-refractivity contribution in [1.29, 1.82) is 0 Å². The molecule has 0 radical (unpaired) electrons. The van der Waals surface area contributed by atoms with Crippen molar-refractivity contribution in [3.8, 4) is 0 Å². The molecule has 0 aromatic rings. The number of ether oxygens (including phenoxy) is 1. The minimum absolute atomic E-state index is 0.104. The third-order valence-corrected chi connectivity index (χ3v) is 3.04. The molecule has 1 fully saturated rings. The molecule has 1 aliphatic rings. The van der Waals surface area contributed by atoms with Crippen molar-refractivity contribution in [2.45, 2.75) is 45.6 Å². The lowest BCUT2D eigenvalue weighted by Gasteiger charge is -2.26. The first-order valence-corrected chi connectivity index (χ1v) is 6.82. The van der Waals surface area contributed by atoms with Crippen LogP contribution in [-0.2, 0) is 14.3 Å². The number of piperidine rings is 1. The Bertz CT molecular complexity index is 281. The molecule has 1 N–H and O–H groups in total. The molecule has 1 atom stereocenters. The summed E-state index contributed by atoms with van der Waals surface area (Å²) in [5.74, 6) is 0.0960. The van der Waals surface area contributed by atoms with Crippen LogP contribution in [0.25, 0.3) is 0 Å². The minimum atomic E-state index is -0.415. The summed E-state index contributed by atoms with van der Waals surface area (Å²) in [5.41, 5.74) is 0. The van der Waals surface area contributed by atoms with E-state index in [2.05, 4.69) is 5.32 Å². The molecule has 0 spiro atoms. The highest BCUT2D eigenvalue weighted by Crippen LogP contribution is 2.09. The number of hydrogen-bond acceptors (Lipinski definition) is 3. The largest absolute Gasteiger partial charge is 0.369 e. The molecular formula is C13H24N2O3. The molecule has 18 heavy (non-hydrogen) atoms. The number of carbonyl (C=O) groups excluding carboxylic acids is 2. The summed E-state index contributed by atoms with van der Waals surface area (Å²) in [4.78, 5) is 25.0. The monoisotopic (exact) mass is 256 g/mol. The molecule has 1 heterocycles. The van der Waals surface area contributed by atoms with Crippen LogP contribution in [0.15, 0.2) is 0 Å². The van der Waals surface area contributed by atoms with E-state index in [1.165, 1.54) is 0 Å². The summed E-state index contributed by atoms with van der Waals surface area (Å²) in [6, 6.07) is 0. The molecule has 1 aliphatic heterocycles. The Morgan fingerprint density at radius 2 is 2.28 bits per heavy atom. The molecule has 104 valence electrons. The average molecular weight is 256 g/mol. The van der Waals surface area contributed by atoms with E-state index in [0.717, 1.165) is 25.8 Å². The van der Waals surface area contributed by atoms with Crippen LogP contribution in [0, 0.1) is 0 Å². The number of nitrogens with one attached hydrogen (secondary N) is 1. The van der Waals surface area contributed by atoms with Crippen LogP contribution in [0.4, 0.5) is 0 Å². The van der Waals surface area contributed by atoms with Gasteiger partial charge in [-0.05, 0) is 26.2 Å². The van der Waals surface area contributed by atoms with Crippen molar-refractivity contribution >= 4 is 11.8 Å². The quantitative estimate of drug-likeness (QED) is 0.737. The van der Waals surface area contributed by atoms with E-state index in [1.807, 2.05) is 11.8 Å². The summed E-state index contributed by atoms with van der Waals surface area (Å²) in [5, 5.41) is 2.80. The standard InChI is InChI=1S/C13H24N2O3/c1-3-10-18-11(2)13(17)14-7-9-15-8-5-4-6-12(15)16/h11H,3-10H2,1-2H3,(H,14,17)/t11-/m0/s1. The van der Waals surface area contributed by atoms with Crippen LogP contribution in [0.2, 0.25) is 0 Å². The van der Waals surface area contributed by atoms with Gasteiger partial charge in [-0.2, -0.15) is 0 Å². The molecule has 0 unspecified atom stereocenters. The van der Waals surface area contributed by atoms with Gasteiger partial charge in [0.2, 0.25) is 11.8 Å². The summed E-state index contributed by atoms with van der Waals surface area (Å²) in [6.45, 7) is 6.27. The zero-order chi connectivity index (χ0) is 13.4. The number of likely N-dealkylation sites (tertiary alicyclic amines) is 1. The van der Waals surface area contributed by atoms with Crippen molar-refractivity contribution in [3.05, 3.63) is 0 Å². The lowest BCUT2D eigenvalue weighted by Crippen LogP contribution is -2.43. The van der Waals surface area contributed by atoms with Gasteiger partial charge in [0.05, 0.1) is 0 Å². The maximum atomic E-state index is 11.6. The van der Waals surface area contributed by atoms with Crippen molar-refractivity contribution in [2.75, 3.05) is 26.2 Å². The first-order chi connectivity index (χ1) is 8.65. The number of nitrogens with zero attached hydrogens (tertiary/aromatic N) is 1.